The van der Waals surface area contributed by atoms with E-state index in [0.29, 0.717) is 5.01 Å². The molecule has 12 heavy (non-hydrogen) atoms. The molecule has 6 heteroatoms. The maximum absolute atomic E-state index is 11.9. The third-order valence-corrected chi connectivity index (χ3v) is 1.93. The van der Waals surface area contributed by atoms with Crippen LogP contribution in [-0.2, 0) is 17.5 Å². The molecule has 1 heterocycles. The van der Waals surface area contributed by atoms with Crippen molar-refractivity contribution in [3.63, 3.8) is 0 Å². The first kappa shape index (κ1) is 9.47. The number of alkyl halides is 3. The van der Waals surface area contributed by atoms with Crippen LogP contribution in [0.2, 0.25) is 0 Å². The Bertz CT molecular complexity index is 258. The van der Waals surface area contributed by atoms with Crippen LogP contribution in [0, 0.1) is 0 Å². The normalized spacial score (nSPS) is 12.0. The molecule has 2 nitrogen and oxygen atoms in total. The van der Waals surface area contributed by atoms with Gasteiger partial charge in [0.2, 0.25) is 0 Å². The van der Waals surface area contributed by atoms with Gasteiger partial charge in [0.25, 0.3) is 0 Å². The van der Waals surface area contributed by atoms with Crippen LogP contribution in [0.15, 0.2) is 5.38 Å². The van der Waals surface area contributed by atoms with Crippen LogP contribution in [0.1, 0.15) is 10.7 Å². The van der Waals surface area contributed by atoms with Crippen LogP contribution >= 0.6 is 11.3 Å². The first-order chi connectivity index (χ1) is 5.54. The van der Waals surface area contributed by atoms with Crippen LogP contribution < -0.4 is 0 Å². The Labute approximate surface area is 71.0 Å². The van der Waals surface area contributed by atoms with Crippen LogP contribution in [0.5, 0.6) is 0 Å². The quantitative estimate of drug-likeness (QED) is 0.725. The average molecular weight is 197 g/mol. The first-order valence-electron chi connectivity index (χ1n) is 3.04. The summed E-state index contributed by atoms with van der Waals surface area (Å²) in [6.45, 7) is 0.126. The fourth-order valence-corrected chi connectivity index (χ4v) is 1.40. The predicted octanol–water partition coefficient (Wildman–Crippen LogP) is 2.31. The fraction of sp³-hybridized carbons (Fsp3) is 0.500. The molecule has 0 bridgehead atoms. The van der Waals surface area contributed by atoms with Crippen molar-refractivity contribution < 1.29 is 17.9 Å². The zero-order valence-corrected chi connectivity index (χ0v) is 7.00. The summed E-state index contributed by atoms with van der Waals surface area (Å²) in [5, 5.41) is 1.32. The van der Waals surface area contributed by atoms with Crippen LogP contribution in [-0.4, -0.2) is 12.1 Å². The molecule has 0 saturated carbocycles. The zero-order chi connectivity index (χ0) is 9.19. The molecule has 0 unspecified atom stereocenters. The lowest BCUT2D eigenvalue weighted by molar-refractivity contribution is -0.140. The molecule has 0 amide bonds. The Morgan fingerprint density at radius 1 is 1.58 bits per heavy atom. The van der Waals surface area contributed by atoms with Gasteiger partial charge < -0.3 is 4.74 Å². The molecule has 0 saturated heterocycles. The lowest BCUT2D eigenvalue weighted by Crippen LogP contribution is -2.05. The van der Waals surface area contributed by atoms with Gasteiger partial charge in [-0.2, -0.15) is 13.2 Å². The summed E-state index contributed by atoms with van der Waals surface area (Å²) in [7, 11) is 1.41. The number of thiazole rings is 1. The van der Waals surface area contributed by atoms with E-state index in [-0.39, 0.29) is 6.61 Å². The number of rotatable bonds is 2. The molecule has 0 fully saturated rings. The van der Waals surface area contributed by atoms with Crippen molar-refractivity contribution in [3.8, 4) is 0 Å². The second-order valence-electron chi connectivity index (χ2n) is 2.06. The van der Waals surface area contributed by atoms with Gasteiger partial charge in [0.1, 0.15) is 5.01 Å². The van der Waals surface area contributed by atoms with Crippen molar-refractivity contribution in [2.45, 2.75) is 12.8 Å². The van der Waals surface area contributed by atoms with E-state index in [1.807, 2.05) is 0 Å². The summed E-state index contributed by atoms with van der Waals surface area (Å²) in [4.78, 5) is 3.34. The van der Waals surface area contributed by atoms with Crippen molar-refractivity contribution in [1.29, 1.82) is 0 Å². The Morgan fingerprint density at radius 2 is 2.25 bits per heavy atom. The number of nitrogens with zero attached hydrogens (tertiary/aromatic N) is 1. The molecule has 0 spiro atoms. The van der Waals surface area contributed by atoms with E-state index < -0.39 is 11.9 Å². The molecule has 0 N–H and O–H groups in total. The minimum atomic E-state index is -4.34. The third-order valence-electron chi connectivity index (χ3n) is 1.11. The SMILES string of the molecule is COCc1nc(C(F)(F)F)cs1. The van der Waals surface area contributed by atoms with Gasteiger partial charge >= 0.3 is 6.18 Å². The summed E-state index contributed by atoms with van der Waals surface area (Å²) in [6, 6.07) is 0. The highest BCUT2D eigenvalue weighted by Gasteiger charge is 2.33. The van der Waals surface area contributed by atoms with Crippen LogP contribution in [0.25, 0.3) is 0 Å². The van der Waals surface area contributed by atoms with E-state index in [0.717, 1.165) is 16.7 Å². The lowest BCUT2D eigenvalue weighted by Gasteiger charge is -1.99. The molecule has 1 aromatic heterocycles. The molecule has 0 aromatic carbocycles. The minimum absolute atomic E-state index is 0.126. The van der Waals surface area contributed by atoms with E-state index in [9.17, 15) is 13.2 Å². The van der Waals surface area contributed by atoms with E-state index >= 15 is 0 Å². The van der Waals surface area contributed by atoms with Gasteiger partial charge in [-0.1, -0.05) is 0 Å². The third kappa shape index (κ3) is 2.18. The molecule has 1 aromatic rings. The largest absolute Gasteiger partial charge is 0.434 e. The molecular formula is C6H6F3NOS. The Balaban J connectivity index is 2.77. The second-order valence-corrected chi connectivity index (χ2v) is 3.00. The van der Waals surface area contributed by atoms with Crippen molar-refractivity contribution in [2.24, 2.45) is 0 Å². The number of hydrogen-bond donors (Lipinski definition) is 0. The van der Waals surface area contributed by atoms with Gasteiger partial charge in [0.05, 0.1) is 6.61 Å². The monoisotopic (exact) mass is 197 g/mol. The van der Waals surface area contributed by atoms with E-state index in [1.54, 1.807) is 0 Å². The summed E-state index contributed by atoms with van der Waals surface area (Å²) < 4.78 is 40.5. The molecule has 0 aliphatic carbocycles. The van der Waals surface area contributed by atoms with Crippen molar-refractivity contribution >= 4 is 11.3 Å². The Hall–Kier alpha value is -0.620. The smallest absolute Gasteiger partial charge is 0.378 e. The first-order valence-corrected chi connectivity index (χ1v) is 3.92. The topological polar surface area (TPSA) is 22.1 Å². The zero-order valence-electron chi connectivity index (χ0n) is 6.18. The molecular weight excluding hydrogens is 191 g/mol. The van der Waals surface area contributed by atoms with Gasteiger partial charge in [-0.15, -0.1) is 11.3 Å². The van der Waals surface area contributed by atoms with E-state index in [2.05, 4.69) is 9.72 Å². The molecule has 0 atom stereocenters. The highest BCUT2D eigenvalue weighted by atomic mass is 32.1. The summed E-state index contributed by atoms with van der Waals surface area (Å²) >= 11 is 0.945. The number of ether oxygens (including phenoxy) is 1. The second kappa shape index (κ2) is 3.40. The van der Waals surface area contributed by atoms with E-state index in [1.165, 1.54) is 7.11 Å². The lowest BCUT2D eigenvalue weighted by atomic mass is 10.5. The molecule has 0 radical (unpaired) electrons. The van der Waals surface area contributed by atoms with Gasteiger partial charge in [0.15, 0.2) is 5.69 Å². The highest BCUT2D eigenvalue weighted by molar-refractivity contribution is 7.09. The van der Waals surface area contributed by atoms with Gasteiger partial charge in [-0.3, -0.25) is 0 Å². The maximum atomic E-state index is 11.9. The molecule has 0 aliphatic rings. The number of halogens is 3. The fourth-order valence-electron chi connectivity index (χ4n) is 0.631. The van der Waals surface area contributed by atoms with Crippen molar-refractivity contribution in [1.82, 2.24) is 4.98 Å². The van der Waals surface area contributed by atoms with Crippen LogP contribution in [0.3, 0.4) is 0 Å². The Morgan fingerprint density at radius 3 is 2.67 bits per heavy atom. The minimum Gasteiger partial charge on any atom is -0.378 e. The molecule has 0 aliphatic heterocycles. The van der Waals surface area contributed by atoms with Gasteiger partial charge in [0, 0.05) is 12.5 Å². The number of aromatic nitrogens is 1. The molecule has 1 rings (SSSR count). The van der Waals surface area contributed by atoms with Crippen LogP contribution in [0.4, 0.5) is 13.2 Å². The van der Waals surface area contributed by atoms with Crippen molar-refractivity contribution in [3.05, 3.63) is 16.1 Å². The maximum Gasteiger partial charge on any atom is 0.434 e. The Kier molecular flexibility index (Phi) is 2.69. The molecule has 68 valence electrons. The predicted molar refractivity (Wildman–Crippen MR) is 37.8 cm³/mol. The van der Waals surface area contributed by atoms with Gasteiger partial charge in [-0.05, 0) is 0 Å². The van der Waals surface area contributed by atoms with Crippen molar-refractivity contribution in [2.75, 3.05) is 7.11 Å². The number of hydrogen-bond acceptors (Lipinski definition) is 3. The average Bonchev–Trinajstić information content (AvgIpc) is 2.35. The van der Waals surface area contributed by atoms with E-state index in [4.69, 9.17) is 0 Å². The standard InChI is InChI=1S/C6H6F3NOS/c1-11-2-5-10-4(3-12-5)6(7,8)9/h3H,2H2,1H3. The summed E-state index contributed by atoms with van der Waals surface area (Å²) in [6.07, 6.45) is -4.34. The summed E-state index contributed by atoms with van der Waals surface area (Å²) in [5.74, 6) is 0. The summed E-state index contributed by atoms with van der Waals surface area (Å²) in [5.41, 5.74) is -0.848. The van der Waals surface area contributed by atoms with Gasteiger partial charge in [-0.25, -0.2) is 4.98 Å². The highest BCUT2D eigenvalue weighted by Crippen LogP contribution is 2.29. The number of methoxy groups -OCH3 is 1.